The Morgan fingerprint density at radius 3 is 0.750 bits per heavy atom. The van der Waals surface area contributed by atoms with E-state index in [9.17, 15) is 0 Å². The third kappa shape index (κ3) is 8.94. The van der Waals surface area contributed by atoms with Gasteiger partial charge in [0.1, 0.15) is 0 Å². The first-order valence-corrected chi connectivity index (χ1v) is 0. The first-order valence-electron chi connectivity index (χ1n) is 0. The summed E-state index contributed by atoms with van der Waals surface area (Å²) in [4.78, 5) is 0. The molecule has 0 atom stereocenters. The minimum absolute atomic E-state index is 0. The van der Waals surface area contributed by atoms with Gasteiger partial charge in [-0.2, -0.15) is 0 Å². The summed E-state index contributed by atoms with van der Waals surface area (Å²) in [7, 11) is 0. The Morgan fingerprint density at radius 2 is 0.750 bits per heavy atom. The molecule has 0 saturated heterocycles. The van der Waals surface area contributed by atoms with Gasteiger partial charge in [-0.05, 0) is 0 Å². The van der Waals surface area contributed by atoms with E-state index >= 15 is 0 Å². The van der Waals surface area contributed by atoms with Crippen molar-refractivity contribution in [2.75, 3.05) is 0 Å². The van der Waals surface area contributed by atoms with Crippen molar-refractivity contribution in [2.24, 2.45) is 0 Å². The van der Waals surface area contributed by atoms with E-state index in [1.165, 1.54) is 0 Å². The van der Waals surface area contributed by atoms with Crippen molar-refractivity contribution in [1.29, 1.82) is 0 Å². The number of rotatable bonds is 0. The molecule has 0 radical (unpaired) electrons. The zero-order chi connectivity index (χ0) is 0. The fourth-order valence-corrected chi connectivity index (χ4v) is 0. The predicted molar refractivity (Wildman–Crippen MR) is 30.2 cm³/mol. The molecule has 0 aromatic carbocycles. The molecule has 0 N–H and O–H groups in total. The molecule has 0 nitrogen and oxygen atoms in total. The van der Waals surface area contributed by atoms with E-state index in [2.05, 4.69) is 0 Å². The zero-order valence-corrected chi connectivity index (χ0v) is 2.45. The molecular weight excluding hydrogens is 181 g/mol. The number of hydrogen-bond donors (Lipinski definition) is 0. The van der Waals surface area contributed by atoms with Crippen LogP contribution in [0.4, 0.5) is 0 Å². The average Bonchev–Trinajstić information content (AvgIpc) is 0. The summed E-state index contributed by atoms with van der Waals surface area (Å²) in [6.45, 7) is 0. The molecular formula is H5Cl2MgRb. The van der Waals surface area contributed by atoms with Crippen LogP contribution in [-0.4, -0.2) is 81.2 Å². The van der Waals surface area contributed by atoms with Crippen molar-refractivity contribution in [3.8, 4) is 0 Å². The Morgan fingerprint density at radius 1 is 0.750 bits per heavy atom. The monoisotopic (exact) mass is 184 g/mol. The van der Waals surface area contributed by atoms with Gasteiger partial charge in [0, 0.05) is 0 Å². The predicted octanol–water partition coefficient (Wildman–Crippen LogP) is -0.721. The van der Waals surface area contributed by atoms with Crippen molar-refractivity contribution in [3.05, 3.63) is 0 Å². The average molecular weight is 186 g/mol. The van der Waals surface area contributed by atoms with Crippen LogP contribution in [0, 0.1) is 0 Å². The Bertz CT molecular complexity index is 6.00. The van der Waals surface area contributed by atoms with Gasteiger partial charge in [0.05, 0.1) is 0 Å². The van der Waals surface area contributed by atoms with E-state index in [-0.39, 0.29) is 106 Å². The van der Waals surface area contributed by atoms with Gasteiger partial charge >= 0.3 is 81.2 Å². The second-order valence-corrected chi connectivity index (χ2v) is 0. The maximum atomic E-state index is 0. The van der Waals surface area contributed by atoms with E-state index in [4.69, 9.17) is 0 Å². The van der Waals surface area contributed by atoms with Crippen LogP contribution >= 0.6 is 24.8 Å². The summed E-state index contributed by atoms with van der Waals surface area (Å²) in [5.74, 6) is 0. The van der Waals surface area contributed by atoms with Crippen molar-refractivity contribution in [2.45, 2.75) is 0 Å². The van der Waals surface area contributed by atoms with Gasteiger partial charge in [0.2, 0.25) is 0 Å². The van der Waals surface area contributed by atoms with E-state index in [1.807, 2.05) is 0 Å². The molecule has 0 aliphatic rings. The van der Waals surface area contributed by atoms with E-state index in [1.54, 1.807) is 0 Å². The van der Waals surface area contributed by atoms with Crippen molar-refractivity contribution in [1.82, 2.24) is 0 Å². The van der Waals surface area contributed by atoms with Crippen LogP contribution in [0.25, 0.3) is 0 Å². The van der Waals surface area contributed by atoms with Gasteiger partial charge in [-0.3, -0.25) is 0 Å². The zero-order valence-electron chi connectivity index (χ0n) is 0.816. The Labute approximate surface area is 103 Å². The summed E-state index contributed by atoms with van der Waals surface area (Å²) < 4.78 is 0. The van der Waals surface area contributed by atoms with Crippen LogP contribution in [0.15, 0.2) is 0 Å². The molecule has 0 heterocycles. The summed E-state index contributed by atoms with van der Waals surface area (Å²) >= 11 is 0. The molecule has 0 unspecified atom stereocenters. The summed E-state index contributed by atoms with van der Waals surface area (Å²) in [5, 5.41) is 0. The van der Waals surface area contributed by atoms with Crippen LogP contribution in [0.3, 0.4) is 0 Å². The summed E-state index contributed by atoms with van der Waals surface area (Å²) in [6.07, 6.45) is 0. The summed E-state index contributed by atoms with van der Waals surface area (Å²) in [6, 6.07) is 0. The second-order valence-electron chi connectivity index (χ2n) is 0. The van der Waals surface area contributed by atoms with Crippen LogP contribution in [0.5, 0.6) is 0 Å². The Kier molecular flexibility index (Phi) is 112. The van der Waals surface area contributed by atoms with Crippen molar-refractivity contribution < 1.29 is 0 Å². The normalized spacial score (nSPS) is 0. The van der Waals surface area contributed by atoms with Gasteiger partial charge in [0.15, 0.2) is 0 Å². The molecule has 0 bridgehead atoms. The molecule has 0 aromatic heterocycles. The number of halogens is 2. The first-order chi connectivity index (χ1) is 0. The fourth-order valence-electron chi connectivity index (χ4n) is 0. The molecule has 4 heavy (non-hydrogen) atoms. The molecule has 0 amide bonds. The minimum atomic E-state index is 0. The molecule has 0 aromatic rings. The van der Waals surface area contributed by atoms with Crippen LogP contribution in [-0.2, 0) is 0 Å². The van der Waals surface area contributed by atoms with Crippen LogP contribution in [0.1, 0.15) is 0 Å². The van der Waals surface area contributed by atoms with Crippen molar-refractivity contribution >= 4 is 106 Å². The van der Waals surface area contributed by atoms with Gasteiger partial charge < -0.3 is 0 Å². The van der Waals surface area contributed by atoms with E-state index in [0.29, 0.717) is 0 Å². The van der Waals surface area contributed by atoms with Crippen LogP contribution < -0.4 is 0 Å². The number of hydrogen-bond acceptors (Lipinski definition) is 0. The molecule has 4 heteroatoms. The molecule has 0 spiro atoms. The van der Waals surface area contributed by atoms with Gasteiger partial charge in [-0.1, -0.05) is 0 Å². The quantitative estimate of drug-likeness (QED) is 0.437. The SMILES string of the molecule is Cl.Cl.[MgH2].[RbH]. The standard InChI is InChI=1S/2ClH.Mg.Rb.3H/h2*1H;;;;;. The molecule has 0 fully saturated rings. The van der Waals surface area contributed by atoms with Crippen molar-refractivity contribution in [3.63, 3.8) is 0 Å². The molecule has 0 saturated carbocycles. The third-order valence-electron chi connectivity index (χ3n) is 0. The Balaban J connectivity index is 0. The van der Waals surface area contributed by atoms with Gasteiger partial charge in [-0.15, -0.1) is 24.8 Å². The van der Waals surface area contributed by atoms with E-state index in [0.717, 1.165) is 0 Å². The van der Waals surface area contributed by atoms with Gasteiger partial charge in [0.25, 0.3) is 0 Å². The molecule has 0 aliphatic carbocycles. The summed E-state index contributed by atoms with van der Waals surface area (Å²) in [5.41, 5.74) is 0. The molecule has 0 aliphatic heterocycles. The van der Waals surface area contributed by atoms with Crippen LogP contribution in [0.2, 0.25) is 0 Å². The first kappa shape index (κ1) is 27.2. The fraction of sp³-hybridized carbons (Fsp3) is 0. The van der Waals surface area contributed by atoms with E-state index < -0.39 is 0 Å². The Hall–Kier alpha value is 3.15. The molecule has 22 valence electrons. The maximum absolute atomic E-state index is 0. The van der Waals surface area contributed by atoms with Gasteiger partial charge in [-0.25, -0.2) is 0 Å². The molecule has 0 rings (SSSR count). The second kappa shape index (κ2) is 16.4. The third-order valence-corrected chi connectivity index (χ3v) is 0. The topological polar surface area (TPSA) is 0 Å².